The number of benzene rings is 1. The highest BCUT2D eigenvalue weighted by Gasteiger charge is 2.37. The fraction of sp³-hybridized carbons (Fsp3) is 0.211. The first-order valence-electron chi connectivity index (χ1n) is 8.43. The van der Waals surface area contributed by atoms with Gasteiger partial charge < -0.3 is 14.6 Å². The van der Waals surface area contributed by atoms with Crippen LogP contribution in [0.25, 0.3) is 21.9 Å². The molecule has 0 bridgehead atoms. The Morgan fingerprint density at radius 1 is 1.14 bits per heavy atom. The van der Waals surface area contributed by atoms with Gasteiger partial charge in [0.2, 0.25) is 5.95 Å². The van der Waals surface area contributed by atoms with Crippen LogP contribution < -0.4 is 10.1 Å². The third kappa shape index (κ3) is 3.77. The van der Waals surface area contributed by atoms with Crippen molar-refractivity contribution in [2.45, 2.75) is 12.7 Å². The zero-order chi connectivity index (χ0) is 19.9. The highest BCUT2D eigenvalue weighted by atomic mass is 35.5. The fourth-order valence-corrected chi connectivity index (χ4v) is 3.15. The molecule has 1 aromatic carbocycles. The molecule has 0 saturated carbocycles. The smallest absolute Gasteiger partial charge is 0.434 e. The van der Waals surface area contributed by atoms with Crippen molar-refractivity contribution < 1.29 is 17.9 Å². The number of hydrogen-bond acceptors (Lipinski definition) is 5. The van der Waals surface area contributed by atoms with Crippen LogP contribution in [-0.2, 0) is 19.8 Å². The molecule has 10 heteroatoms. The maximum atomic E-state index is 13.8. The van der Waals surface area contributed by atoms with Crippen molar-refractivity contribution in [1.82, 2.24) is 19.5 Å². The molecule has 4 aromatic rings. The normalized spacial score (nSPS) is 11.5. The Labute approximate surface area is 170 Å². The molecule has 3 aromatic heterocycles. The average molecular weight is 424 g/mol. The van der Waals surface area contributed by atoms with E-state index in [2.05, 4.69) is 20.3 Å². The third-order valence-electron chi connectivity index (χ3n) is 4.46. The molecule has 0 aliphatic carbocycles. The molecule has 4 rings (SSSR count). The van der Waals surface area contributed by atoms with Crippen molar-refractivity contribution in [3.63, 3.8) is 0 Å². The predicted octanol–water partition coefficient (Wildman–Crippen LogP) is 4.58. The fourth-order valence-electron chi connectivity index (χ4n) is 3.15. The molecule has 0 spiro atoms. The molecule has 0 aliphatic rings. The van der Waals surface area contributed by atoms with Gasteiger partial charge in [-0.2, -0.15) is 18.2 Å². The monoisotopic (exact) mass is 423 g/mol. The summed E-state index contributed by atoms with van der Waals surface area (Å²) in [6.45, 7) is 0.210. The number of pyridine rings is 1. The molecular formula is C19H17ClF3N5O. The van der Waals surface area contributed by atoms with Gasteiger partial charge in [-0.1, -0.05) is 6.07 Å². The molecule has 3 heterocycles. The minimum atomic E-state index is -4.64. The number of ether oxygens (including phenoxy) is 1. The lowest BCUT2D eigenvalue weighted by Gasteiger charge is -2.11. The summed E-state index contributed by atoms with van der Waals surface area (Å²) in [6, 6.07) is 10.3. The number of halogens is 4. The number of anilines is 1. The molecule has 1 N–H and O–H groups in total. The van der Waals surface area contributed by atoms with E-state index < -0.39 is 11.9 Å². The third-order valence-corrected chi connectivity index (χ3v) is 4.46. The largest absolute Gasteiger partial charge is 0.497 e. The Morgan fingerprint density at radius 3 is 2.59 bits per heavy atom. The SMILES string of the molecule is COc1ccc2c(c1)c1c(C(F)(F)F)nc(NCc3ccccn3)nc1n2C.Cl. The second-order valence-corrected chi connectivity index (χ2v) is 6.21. The van der Waals surface area contributed by atoms with E-state index in [1.807, 2.05) is 0 Å². The quantitative estimate of drug-likeness (QED) is 0.520. The summed E-state index contributed by atoms with van der Waals surface area (Å²) in [6.07, 6.45) is -3.03. The summed E-state index contributed by atoms with van der Waals surface area (Å²) in [5.41, 5.74) is 0.480. The number of aromatic nitrogens is 4. The summed E-state index contributed by atoms with van der Waals surface area (Å²) in [7, 11) is 3.14. The first-order chi connectivity index (χ1) is 13.4. The van der Waals surface area contributed by atoms with E-state index in [1.54, 1.807) is 54.2 Å². The highest BCUT2D eigenvalue weighted by molar-refractivity contribution is 6.08. The summed E-state index contributed by atoms with van der Waals surface area (Å²) in [5.74, 6) is 0.355. The Morgan fingerprint density at radius 2 is 1.93 bits per heavy atom. The van der Waals surface area contributed by atoms with Crippen LogP contribution in [0.2, 0.25) is 0 Å². The van der Waals surface area contributed by atoms with Crippen LogP contribution in [-0.4, -0.2) is 26.6 Å². The van der Waals surface area contributed by atoms with Crippen molar-refractivity contribution >= 4 is 40.3 Å². The molecule has 0 saturated heterocycles. The van der Waals surface area contributed by atoms with E-state index in [4.69, 9.17) is 4.74 Å². The van der Waals surface area contributed by atoms with Crippen molar-refractivity contribution in [2.24, 2.45) is 7.05 Å². The van der Waals surface area contributed by atoms with Gasteiger partial charge in [0.05, 0.1) is 30.3 Å². The molecule has 152 valence electrons. The van der Waals surface area contributed by atoms with Crippen LogP contribution in [0.4, 0.5) is 19.1 Å². The zero-order valence-electron chi connectivity index (χ0n) is 15.5. The average Bonchev–Trinajstić information content (AvgIpc) is 2.97. The summed E-state index contributed by atoms with van der Waals surface area (Å²) >= 11 is 0. The van der Waals surface area contributed by atoms with Gasteiger partial charge in [0.25, 0.3) is 0 Å². The minimum absolute atomic E-state index is 0. The lowest BCUT2D eigenvalue weighted by atomic mass is 10.1. The molecule has 0 amide bonds. The van der Waals surface area contributed by atoms with E-state index in [9.17, 15) is 13.2 Å². The predicted molar refractivity (Wildman–Crippen MR) is 106 cm³/mol. The van der Waals surface area contributed by atoms with Crippen LogP contribution in [0.5, 0.6) is 5.75 Å². The van der Waals surface area contributed by atoms with Crippen molar-refractivity contribution in [2.75, 3.05) is 12.4 Å². The van der Waals surface area contributed by atoms with Gasteiger partial charge in [0.15, 0.2) is 5.69 Å². The van der Waals surface area contributed by atoms with Gasteiger partial charge >= 0.3 is 6.18 Å². The van der Waals surface area contributed by atoms with Crippen LogP contribution in [0.3, 0.4) is 0 Å². The molecular weight excluding hydrogens is 407 g/mol. The zero-order valence-corrected chi connectivity index (χ0v) is 16.3. The molecule has 0 fully saturated rings. The van der Waals surface area contributed by atoms with Crippen LogP contribution in [0.15, 0.2) is 42.6 Å². The summed E-state index contributed by atoms with van der Waals surface area (Å²) in [5, 5.41) is 3.18. The number of nitrogens with zero attached hydrogens (tertiary/aromatic N) is 4. The minimum Gasteiger partial charge on any atom is -0.497 e. The maximum absolute atomic E-state index is 13.8. The molecule has 0 unspecified atom stereocenters. The number of fused-ring (bicyclic) bond motifs is 3. The standard InChI is InChI=1S/C19H16F3N5O.ClH/c1-27-14-7-6-12(28-2)9-13(14)15-16(19(20,21)22)25-18(26-17(15)27)24-10-11-5-3-4-8-23-11;/h3-9H,10H2,1-2H3,(H,24,25,26);1H. The summed E-state index contributed by atoms with van der Waals surface area (Å²) < 4.78 is 48.2. The lowest BCUT2D eigenvalue weighted by Crippen LogP contribution is -2.13. The lowest BCUT2D eigenvalue weighted by molar-refractivity contribution is -0.139. The van der Waals surface area contributed by atoms with Gasteiger partial charge in [-0.25, -0.2) is 4.98 Å². The van der Waals surface area contributed by atoms with Crippen molar-refractivity contribution in [3.05, 3.63) is 54.0 Å². The van der Waals surface area contributed by atoms with E-state index in [0.717, 1.165) is 0 Å². The number of hydrogen-bond donors (Lipinski definition) is 1. The Bertz CT molecular complexity index is 1160. The van der Waals surface area contributed by atoms with Crippen LogP contribution >= 0.6 is 12.4 Å². The number of aryl methyl sites for hydroxylation is 1. The maximum Gasteiger partial charge on any atom is 0.434 e. The first kappa shape index (κ1) is 20.7. The molecule has 0 aliphatic heterocycles. The number of methoxy groups -OCH3 is 1. The molecule has 6 nitrogen and oxygen atoms in total. The van der Waals surface area contributed by atoms with Gasteiger partial charge in [0, 0.05) is 18.6 Å². The Hall–Kier alpha value is -3.07. The van der Waals surface area contributed by atoms with E-state index in [0.29, 0.717) is 22.3 Å². The summed E-state index contributed by atoms with van der Waals surface area (Å²) in [4.78, 5) is 12.2. The van der Waals surface area contributed by atoms with E-state index in [1.165, 1.54) is 7.11 Å². The number of alkyl halides is 3. The topological polar surface area (TPSA) is 64.9 Å². The van der Waals surface area contributed by atoms with Crippen molar-refractivity contribution in [3.8, 4) is 5.75 Å². The van der Waals surface area contributed by atoms with Crippen LogP contribution in [0, 0.1) is 0 Å². The van der Waals surface area contributed by atoms with E-state index in [-0.39, 0.29) is 35.9 Å². The Kier molecular flexibility index (Phi) is 5.52. The highest BCUT2D eigenvalue weighted by Crippen LogP contribution is 2.39. The second-order valence-electron chi connectivity index (χ2n) is 6.21. The van der Waals surface area contributed by atoms with Crippen LogP contribution in [0.1, 0.15) is 11.4 Å². The molecule has 29 heavy (non-hydrogen) atoms. The van der Waals surface area contributed by atoms with Gasteiger partial charge in [-0.3, -0.25) is 4.98 Å². The second kappa shape index (κ2) is 7.75. The Balaban J connectivity index is 0.00000240. The molecule has 0 radical (unpaired) electrons. The number of nitrogens with one attached hydrogen (secondary N) is 1. The first-order valence-corrected chi connectivity index (χ1v) is 8.43. The van der Waals surface area contributed by atoms with Crippen molar-refractivity contribution in [1.29, 1.82) is 0 Å². The van der Waals surface area contributed by atoms with E-state index >= 15 is 0 Å². The molecule has 0 atom stereocenters. The van der Waals surface area contributed by atoms with Gasteiger partial charge in [0.1, 0.15) is 11.4 Å². The van der Waals surface area contributed by atoms with Gasteiger partial charge in [-0.05, 0) is 30.3 Å². The number of rotatable bonds is 4. The van der Waals surface area contributed by atoms with Gasteiger partial charge in [-0.15, -0.1) is 12.4 Å².